The van der Waals surface area contributed by atoms with Crippen LogP contribution in [-0.4, -0.2) is 32.5 Å². The third-order valence-electron chi connectivity index (χ3n) is 3.59. The molecule has 0 aliphatic rings. The first-order valence-electron chi connectivity index (χ1n) is 8.19. The molecular formula is C18H20N4O2S. The zero-order valence-electron chi connectivity index (χ0n) is 14.2. The van der Waals surface area contributed by atoms with Crippen LogP contribution < -0.4 is 5.32 Å². The molecule has 0 aliphatic carbocycles. The van der Waals surface area contributed by atoms with Crippen molar-refractivity contribution in [2.75, 3.05) is 6.54 Å². The van der Waals surface area contributed by atoms with Gasteiger partial charge in [0.25, 0.3) is 0 Å². The van der Waals surface area contributed by atoms with Crippen molar-refractivity contribution in [2.45, 2.75) is 30.7 Å². The molecule has 2 aromatic heterocycles. The summed E-state index contributed by atoms with van der Waals surface area (Å²) in [6.45, 7) is 4.57. The maximum absolute atomic E-state index is 12.2. The highest BCUT2D eigenvalue weighted by molar-refractivity contribution is 8.00. The van der Waals surface area contributed by atoms with Crippen molar-refractivity contribution in [3.8, 4) is 17.3 Å². The van der Waals surface area contributed by atoms with Crippen LogP contribution in [0.4, 0.5) is 0 Å². The van der Waals surface area contributed by atoms with E-state index in [-0.39, 0.29) is 11.2 Å². The Morgan fingerprint density at radius 3 is 2.72 bits per heavy atom. The minimum atomic E-state index is -0.275. The number of rotatable bonds is 7. The molecule has 1 unspecified atom stereocenters. The van der Waals surface area contributed by atoms with Gasteiger partial charge in [-0.25, -0.2) is 0 Å². The Labute approximate surface area is 150 Å². The summed E-state index contributed by atoms with van der Waals surface area (Å²) >= 11 is 1.38. The number of thioether (sulfide) groups is 1. The average Bonchev–Trinajstić information content (AvgIpc) is 3.29. The molecule has 0 aliphatic heterocycles. The number of hydrogen-bond acceptors (Lipinski definition) is 5. The van der Waals surface area contributed by atoms with Crippen molar-refractivity contribution in [1.29, 1.82) is 0 Å². The first-order valence-corrected chi connectivity index (χ1v) is 9.07. The maximum Gasteiger partial charge on any atom is 0.233 e. The van der Waals surface area contributed by atoms with Gasteiger partial charge in [-0.15, -0.1) is 10.2 Å². The molecule has 25 heavy (non-hydrogen) atoms. The van der Waals surface area contributed by atoms with E-state index in [0.29, 0.717) is 23.3 Å². The molecule has 3 rings (SSSR count). The van der Waals surface area contributed by atoms with E-state index in [1.165, 1.54) is 11.8 Å². The lowest BCUT2D eigenvalue weighted by Gasteiger charge is -2.13. The maximum atomic E-state index is 12.2. The zero-order valence-corrected chi connectivity index (χ0v) is 15.0. The van der Waals surface area contributed by atoms with Crippen LogP contribution in [0, 0.1) is 0 Å². The van der Waals surface area contributed by atoms with Gasteiger partial charge in [0.2, 0.25) is 11.7 Å². The van der Waals surface area contributed by atoms with Gasteiger partial charge in [-0.1, -0.05) is 36.9 Å². The number of carbonyl (C=O) groups excluding carboxylic acids is 1. The van der Waals surface area contributed by atoms with Crippen LogP contribution in [0.15, 0.2) is 58.3 Å². The SMILES string of the molecule is CCCNC(=O)C(C)Sc1nnc(-c2ccco2)n1-c1ccccc1. The first kappa shape index (κ1) is 17.3. The van der Waals surface area contributed by atoms with Crippen LogP contribution in [0.2, 0.25) is 0 Å². The highest BCUT2D eigenvalue weighted by atomic mass is 32.2. The van der Waals surface area contributed by atoms with Gasteiger partial charge in [0.15, 0.2) is 10.9 Å². The molecule has 2 heterocycles. The molecule has 1 amide bonds. The van der Waals surface area contributed by atoms with Crippen LogP contribution in [0.25, 0.3) is 17.3 Å². The number of furan rings is 1. The van der Waals surface area contributed by atoms with E-state index >= 15 is 0 Å². The molecule has 0 saturated carbocycles. The normalized spacial score (nSPS) is 12.1. The highest BCUT2D eigenvalue weighted by Crippen LogP contribution is 2.30. The second-order valence-electron chi connectivity index (χ2n) is 5.51. The van der Waals surface area contributed by atoms with E-state index in [0.717, 1.165) is 12.1 Å². The van der Waals surface area contributed by atoms with Crippen LogP contribution in [0.5, 0.6) is 0 Å². The number of benzene rings is 1. The second kappa shape index (κ2) is 8.02. The van der Waals surface area contributed by atoms with Gasteiger partial charge in [0, 0.05) is 12.2 Å². The molecule has 3 aromatic rings. The number of amides is 1. The molecule has 0 spiro atoms. The summed E-state index contributed by atoms with van der Waals surface area (Å²) in [5, 5.41) is 11.8. The largest absolute Gasteiger partial charge is 0.461 e. The van der Waals surface area contributed by atoms with Gasteiger partial charge in [0.1, 0.15) is 0 Å². The third-order valence-corrected chi connectivity index (χ3v) is 4.63. The molecule has 1 atom stereocenters. The Morgan fingerprint density at radius 1 is 1.24 bits per heavy atom. The van der Waals surface area contributed by atoms with E-state index in [1.54, 1.807) is 6.26 Å². The molecule has 7 heteroatoms. The van der Waals surface area contributed by atoms with Crippen LogP contribution in [0.3, 0.4) is 0 Å². The topological polar surface area (TPSA) is 73.0 Å². The van der Waals surface area contributed by atoms with Crippen molar-refractivity contribution in [1.82, 2.24) is 20.1 Å². The fraction of sp³-hybridized carbons (Fsp3) is 0.278. The summed E-state index contributed by atoms with van der Waals surface area (Å²) in [4.78, 5) is 12.2. The van der Waals surface area contributed by atoms with Crippen molar-refractivity contribution in [2.24, 2.45) is 0 Å². The van der Waals surface area contributed by atoms with E-state index in [2.05, 4.69) is 15.5 Å². The van der Waals surface area contributed by atoms with Gasteiger partial charge in [-0.05, 0) is 37.6 Å². The third kappa shape index (κ3) is 3.93. The Balaban J connectivity index is 1.93. The predicted octanol–water partition coefficient (Wildman–Crippen LogP) is 3.53. The van der Waals surface area contributed by atoms with Crippen molar-refractivity contribution >= 4 is 17.7 Å². The second-order valence-corrected chi connectivity index (χ2v) is 6.81. The Bertz CT molecular complexity index is 815. The zero-order chi connectivity index (χ0) is 17.6. The number of carbonyl (C=O) groups is 1. The van der Waals surface area contributed by atoms with Gasteiger partial charge >= 0.3 is 0 Å². The smallest absolute Gasteiger partial charge is 0.233 e. The van der Waals surface area contributed by atoms with E-state index in [9.17, 15) is 4.79 Å². The first-order chi connectivity index (χ1) is 12.2. The number of nitrogens with one attached hydrogen (secondary N) is 1. The molecule has 0 bridgehead atoms. The Hall–Kier alpha value is -2.54. The summed E-state index contributed by atoms with van der Waals surface area (Å²) in [7, 11) is 0. The van der Waals surface area contributed by atoms with E-state index < -0.39 is 0 Å². The molecular weight excluding hydrogens is 336 g/mol. The van der Waals surface area contributed by atoms with E-state index in [4.69, 9.17) is 4.42 Å². The summed E-state index contributed by atoms with van der Waals surface area (Å²) in [6, 6.07) is 13.5. The van der Waals surface area contributed by atoms with Gasteiger partial charge in [-0.2, -0.15) is 0 Å². The Morgan fingerprint density at radius 2 is 2.04 bits per heavy atom. The Kier molecular flexibility index (Phi) is 5.55. The minimum absolute atomic E-state index is 0.00555. The van der Waals surface area contributed by atoms with E-state index in [1.807, 2.05) is 60.9 Å². The molecule has 6 nitrogen and oxygen atoms in total. The number of nitrogens with zero attached hydrogens (tertiary/aromatic N) is 3. The lowest BCUT2D eigenvalue weighted by atomic mass is 10.3. The van der Waals surface area contributed by atoms with Crippen LogP contribution in [-0.2, 0) is 4.79 Å². The van der Waals surface area contributed by atoms with Gasteiger partial charge in [0.05, 0.1) is 11.5 Å². The fourth-order valence-electron chi connectivity index (χ4n) is 2.33. The monoisotopic (exact) mass is 356 g/mol. The summed E-state index contributed by atoms with van der Waals surface area (Å²) in [5.74, 6) is 1.24. The predicted molar refractivity (Wildman–Crippen MR) is 97.7 cm³/mol. The fourth-order valence-corrected chi connectivity index (χ4v) is 3.22. The lowest BCUT2D eigenvalue weighted by molar-refractivity contribution is -0.120. The quantitative estimate of drug-likeness (QED) is 0.656. The van der Waals surface area contributed by atoms with Crippen molar-refractivity contribution in [3.05, 3.63) is 48.7 Å². The molecule has 0 fully saturated rings. The molecule has 1 aromatic carbocycles. The number of aromatic nitrogens is 3. The molecule has 130 valence electrons. The molecule has 0 saturated heterocycles. The number of hydrogen-bond donors (Lipinski definition) is 1. The molecule has 0 radical (unpaired) electrons. The van der Waals surface area contributed by atoms with Crippen LogP contribution >= 0.6 is 11.8 Å². The summed E-state index contributed by atoms with van der Waals surface area (Å²) in [6.07, 6.45) is 2.51. The molecule has 1 N–H and O–H groups in total. The van der Waals surface area contributed by atoms with Crippen molar-refractivity contribution in [3.63, 3.8) is 0 Å². The average molecular weight is 356 g/mol. The standard InChI is InChI=1S/C18H20N4O2S/c1-3-11-19-17(23)13(2)25-18-21-20-16(15-10-7-12-24-15)22(18)14-8-5-4-6-9-14/h4-10,12-13H,3,11H2,1-2H3,(H,19,23). The van der Waals surface area contributed by atoms with Gasteiger partial charge < -0.3 is 9.73 Å². The van der Waals surface area contributed by atoms with Crippen LogP contribution in [0.1, 0.15) is 20.3 Å². The highest BCUT2D eigenvalue weighted by Gasteiger charge is 2.22. The number of para-hydroxylation sites is 1. The van der Waals surface area contributed by atoms with Crippen molar-refractivity contribution < 1.29 is 9.21 Å². The lowest BCUT2D eigenvalue weighted by Crippen LogP contribution is -2.31. The summed E-state index contributed by atoms with van der Waals surface area (Å²) < 4.78 is 7.40. The minimum Gasteiger partial charge on any atom is -0.461 e. The van der Waals surface area contributed by atoms with Gasteiger partial charge in [-0.3, -0.25) is 9.36 Å². The summed E-state index contributed by atoms with van der Waals surface area (Å²) in [5.41, 5.74) is 0.919.